The molecule has 4 nitrogen and oxygen atoms in total. The highest BCUT2D eigenvalue weighted by Crippen LogP contribution is 2.28. The number of piperidine rings is 1. The van der Waals surface area contributed by atoms with E-state index in [-0.39, 0.29) is 5.92 Å². The highest BCUT2D eigenvalue weighted by atomic mass is 16.4. The SMILES string of the molecule is CCCN1CCC(NCC2CCC(C(=O)O)CC2)CC1. The maximum absolute atomic E-state index is 10.9. The van der Waals surface area contributed by atoms with Crippen LogP contribution in [0.5, 0.6) is 0 Å². The Balaban J connectivity index is 1.59. The first-order chi connectivity index (χ1) is 9.69. The summed E-state index contributed by atoms with van der Waals surface area (Å²) in [5, 5.41) is 12.7. The van der Waals surface area contributed by atoms with Crippen molar-refractivity contribution in [2.24, 2.45) is 11.8 Å². The molecule has 2 rings (SSSR count). The normalized spacial score (nSPS) is 29.4. The fourth-order valence-corrected chi connectivity index (χ4v) is 3.62. The van der Waals surface area contributed by atoms with E-state index in [0.717, 1.165) is 32.2 Å². The van der Waals surface area contributed by atoms with Crippen LogP contribution in [-0.4, -0.2) is 48.2 Å². The summed E-state index contributed by atoms with van der Waals surface area (Å²) in [7, 11) is 0. The Bertz CT molecular complexity index is 293. The average Bonchev–Trinajstić information content (AvgIpc) is 2.47. The van der Waals surface area contributed by atoms with Gasteiger partial charge in [-0.05, 0) is 77.0 Å². The van der Waals surface area contributed by atoms with Gasteiger partial charge in [-0.25, -0.2) is 0 Å². The zero-order valence-electron chi connectivity index (χ0n) is 12.8. The molecule has 0 aromatic carbocycles. The molecule has 1 heterocycles. The molecule has 116 valence electrons. The number of likely N-dealkylation sites (tertiary alicyclic amines) is 1. The Morgan fingerprint density at radius 1 is 1.15 bits per heavy atom. The van der Waals surface area contributed by atoms with Gasteiger partial charge < -0.3 is 15.3 Å². The van der Waals surface area contributed by atoms with Crippen LogP contribution < -0.4 is 5.32 Å². The van der Waals surface area contributed by atoms with Gasteiger partial charge in [-0.15, -0.1) is 0 Å². The van der Waals surface area contributed by atoms with E-state index in [1.165, 1.54) is 38.9 Å². The molecule has 4 heteroatoms. The molecule has 0 aromatic heterocycles. The standard InChI is InChI=1S/C16H30N2O2/c1-2-9-18-10-7-15(8-11-18)17-12-13-3-5-14(6-4-13)16(19)20/h13-15,17H,2-12H2,1H3,(H,19,20). The third-order valence-corrected chi connectivity index (χ3v) is 5.02. The Kier molecular flexibility index (Phi) is 6.30. The lowest BCUT2D eigenvalue weighted by molar-refractivity contribution is -0.143. The number of rotatable bonds is 6. The zero-order chi connectivity index (χ0) is 14.4. The highest BCUT2D eigenvalue weighted by Gasteiger charge is 2.26. The molecule has 1 aliphatic carbocycles. The van der Waals surface area contributed by atoms with E-state index in [4.69, 9.17) is 5.11 Å². The minimum Gasteiger partial charge on any atom is -0.481 e. The van der Waals surface area contributed by atoms with Gasteiger partial charge in [0.15, 0.2) is 0 Å². The molecule has 0 aromatic rings. The molecular weight excluding hydrogens is 252 g/mol. The molecule has 0 bridgehead atoms. The smallest absolute Gasteiger partial charge is 0.306 e. The number of nitrogens with zero attached hydrogens (tertiary/aromatic N) is 1. The summed E-state index contributed by atoms with van der Waals surface area (Å²) >= 11 is 0. The average molecular weight is 282 g/mol. The molecule has 0 amide bonds. The van der Waals surface area contributed by atoms with E-state index in [9.17, 15) is 4.79 Å². The van der Waals surface area contributed by atoms with Crippen LogP contribution in [0.1, 0.15) is 51.9 Å². The molecule has 0 unspecified atom stereocenters. The van der Waals surface area contributed by atoms with Crippen molar-refractivity contribution < 1.29 is 9.90 Å². The van der Waals surface area contributed by atoms with Crippen molar-refractivity contribution in [1.29, 1.82) is 0 Å². The number of carbonyl (C=O) groups is 1. The first kappa shape index (κ1) is 15.8. The highest BCUT2D eigenvalue weighted by molar-refractivity contribution is 5.69. The van der Waals surface area contributed by atoms with Crippen molar-refractivity contribution in [1.82, 2.24) is 10.2 Å². The van der Waals surface area contributed by atoms with Crippen molar-refractivity contribution >= 4 is 5.97 Å². The molecule has 0 atom stereocenters. The van der Waals surface area contributed by atoms with Crippen LogP contribution in [0.3, 0.4) is 0 Å². The van der Waals surface area contributed by atoms with Crippen molar-refractivity contribution in [2.45, 2.75) is 57.9 Å². The molecule has 2 N–H and O–H groups in total. The monoisotopic (exact) mass is 282 g/mol. The van der Waals surface area contributed by atoms with Gasteiger partial charge in [0.25, 0.3) is 0 Å². The molecule has 20 heavy (non-hydrogen) atoms. The lowest BCUT2D eigenvalue weighted by Crippen LogP contribution is -2.44. The van der Waals surface area contributed by atoms with Crippen LogP contribution in [0.25, 0.3) is 0 Å². The summed E-state index contributed by atoms with van der Waals surface area (Å²) in [6.45, 7) is 7.04. The Hall–Kier alpha value is -0.610. The first-order valence-electron chi connectivity index (χ1n) is 8.37. The number of hydrogen-bond acceptors (Lipinski definition) is 3. The van der Waals surface area contributed by atoms with Gasteiger partial charge in [0.05, 0.1) is 5.92 Å². The molecule has 2 fully saturated rings. The summed E-state index contributed by atoms with van der Waals surface area (Å²) in [5.41, 5.74) is 0. The largest absolute Gasteiger partial charge is 0.481 e. The van der Waals surface area contributed by atoms with E-state index in [1.54, 1.807) is 0 Å². The van der Waals surface area contributed by atoms with E-state index in [0.29, 0.717) is 12.0 Å². The minimum absolute atomic E-state index is 0.0801. The second kappa shape index (κ2) is 7.99. The van der Waals surface area contributed by atoms with Crippen molar-refractivity contribution in [3.05, 3.63) is 0 Å². The first-order valence-corrected chi connectivity index (χ1v) is 8.37. The fourth-order valence-electron chi connectivity index (χ4n) is 3.62. The van der Waals surface area contributed by atoms with Crippen LogP contribution in [-0.2, 0) is 4.79 Å². The molecule has 0 spiro atoms. The molecule has 1 aliphatic heterocycles. The van der Waals surface area contributed by atoms with Gasteiger partial charge in [-0.3, -0.25) is 4.79 Å². The van der Waals surface area contributed by atoms with Gasteiger partial charge in [0.2, 0.25) is 0 Å². The van der Waals surface area contributed by atoms with Crippen molar-refractivity contribution in [2.75, 3.05) is 26.2 Å². The maximum Gasteiger partial charge on any atom is 0.306 e. The van der Waals surface area contributed by atoms with Crippen LogP contribution in [0.4, 0.5) is 0 Å². The molecule has 2 aliphatic rings. The summed E-state index contributed by atoms with van der Waals surface area (Å²) in [4.78, 5) is 13.5. The van der Waals surface area contributed by atoms with Crippen LogP contribution in [0, 0.1) is 11.8 Å². The van der Waals surface area contributed by atoms with Crippen molar-refractivity contribution in [3.8, 4) is 0 Å². The molecular formula is C16H30N2O2. The zero-order valence-corrected chi connectivity index (χ0v) is 12.8. The summed E-state index contributed by atoms with van der Waals surface area (Å²) in [6, 6.07) is 0.681. The maximum atomic E-state index is 10.9. The lowest BCUT2D eigenvalue weighted by Gasteiger charge is -2.34. The third kappa shape index (κ3) is 4.74. The second-order valence-corrected chi connectivity index (χ2v) is 6.58. The van der Waals surface area contributed by atoms with E-state index < -0.39 is 5.97 Å². The second-order valence-electron chi connectivity index (χ2n) is 6.58. The fraction of sp³-hybridized carbons (Fsp3) is 0.938. The predicted octanol–water partition coefficient (Wildman–Crippen LogP) is 2.34. The number of carboxylic acid groups (broad SMARTS) is 1. The predicted molar refractivity (Wildman–Crippen MR) is 80.8 cm³/mol. The number of hydrogen-bond donors (Lipinski definition) is 2. The van der Waals surface area contributed by atoms with Gasteiger partial charge in [0.1, 0.15) is 0 Å². The number of nitrogens with one attached hydrogen (secondary N) is 1. The molecule has 0 radical (unpaired) electrons. The quantitative estimate of drug-likeness (QED) is 0.785. The van der Waals surface area contributed by atoms with E-state index in [1.807, 2.05) is 0 Å². The van der Waals surface area contributed by atoms with Crippen molar-refractivity contribution in [3.63, 3.8) is 0 Å². The molecule has 1 saturated carbocycles. The van der Waals surface area contributed by atoms with Gasteiger partial charge >= 0.3 is 5.97 Å². The summed E-state index contributed by atoms with van der Waals surface area (Å²) < 4.78 is 0. The van der Waals surface area contributed by atoms with Gasteiger partial charge in [-0.2, -0.15) is 0 Å². The van der Waals surface area contributed by atoms with Crippen LogP contribution in [0.15, 0.2) is 0 Å². The Morgan fingerprint density at radius 3 is 2.35 bits per heavy atom. The minimum atomic E-state index is -0.597. The Morgan fingerprint density at radius 2 is 1.80 bits per heavy atom. The lowest BCUT2D eigenvalue weighted by atomic mass is 9.82. The topological polar surface area (TPSA) is 52.6 Å². The number of carboxylic acids is 1. The summed E-state index contributed by atoms with van der Waals surface area (Å²) in [5.74, 6) is 0.0162. The number of aliphatic carboxylic acids is 1. The van der Waals surface area contributed by atoms with E-state index in [2.05, 4.69) is 17.1 Å². The third-order valence-electron chi connectivity index (χ3n) is 5.02. The van der Waals surface area contributed by atoms with Crippen LogP contribution in [0.2, 0.25) is 0 Å². The van der Waals surface area contributed by atoms with Gasteiger partial charge in [0, 0.05) is 6.04 Å². The van der Waals surface area contributed by atoms with Gasteiger partial charge in [-0.1, -0.05) is 6.92 Å². The van der Waals surface area contributed by atoms with E-state index >= 15 is 0 Å². The molecule has 1 saturated heterocycles. The Labute approximate surface area is 122 Å². The summed E-state index contributed by atoms with van der Waals surface area (Å²) in [6.07, 6.45) is 7.70. The van der Waals surface area contributed by atoms with Crippen LogP contribution >= 0.6 is 0 Å².